The highest BCUT2D eigenvalue weighted by Gasteiger charge is 2.10. The number of rotatable bonds is 8. The predicted octanol–water partition coefficient (Wildman–Crippen LogP) is 5.48. The first-order valence-corrected chi connectivity index (χ1v) is 8.92. The molecule has 0 unspecified atom stereocenters. The lowest BCUT2D eigenvalue weighted by atomic mass is 10.1. The van der Waals surface area contributed by atoms with Gasteiger partial charge in [-0.2, -0.15) is 0 Å². The molecule has 0 N–H and O–H groups in total. The SMILES string of the molecule is CC(=Cc1ccc(OCc2ccccc2)c(OCc2ccccc2)c1)[N+](=O)[O-]. The van der Waals surface area contributed by atoms with E-state index in [2.05, 4.69) is 0 Å². The Morgan fingerprint density at radius 3 is 1.93 bits per heavy atom. The van der Waals surface area contributed by atoms with E-state index in [4.69, 9.17) is 9.47 Å². The van der Waals surface area contributed by atoms with Gasteiger partial charge in [0.25, 0.3) is 0 Å². The van der Waals surface area contributed by atoms with Crippen LogP contribution in [-0.4, -0.2) is 4.92 Å². The van der Waals surface area contributed by atoms with Crippen LogP contribution in [0.2, 0.25) is 0 Å². The summed E-state index contributed by atoms with van der Waals surface area (Å²) >= 11 is 0. The molecule has 0 aromatic heterocycles. The van der Waals surface area contributed by atoms with Crippen LogP contribution in [0.4, 0.5) is 0 Å². The van der Waals surface area contributed by atoms with E-state index in [9.17, 15) is 10.1 Å². The maximum Gasteiger partial charge on any atom is 0.243 e. The first-order chi connectivity index (χ1) is 13.6. The van der Waals surface area contributed by atoms with Crippen LogP contribution in [0.3, 0.4) is 0 Å². The zero-order chi connectivity index (χ0) is 19.8. The third-order valence-electron chi connectivity index (χ3n) is 4.11. The Balaban J connectivity index is 1.82. The highest BCUT2D eigenvalue weighted by Crippen LogP contribution is 2.31. The quantitative estimate of drug-likeness (QED) is 0.386. The molecule has 0 aliphatic rings. The summed E-state index contributed by atoms with van der Waals surface area (Å²) in [4.78, 5) is 10.5. The number of benzene rings is 3. The van der Waals surface area contributed by atoms with Gasteiger partial charge in [-0.05, 0) is 28.8 Å². The molecule has 142 valence electrons. The number of hydrogen-bond donors (Lipinski definition) is 0. The van der Waals surface area contributed by atoms with E-state index in [0.717, 1.165) is 11.1 Å². The molecule has 0 radical (unpaired) electrons. The minimum absolute atomic E-state index is 0.0620. The number of nitro groups is 1. The third kappa shape index (κ3) is 5.45. The van der Waals surface area contributed by atoms with Crippen LogP contribution < -0.4 is 9.47 Å². The van der Waals surface area contributed by atoms with Gasteiger partial charge in [0.2, 0.25) is 5.70 Å². The van der Waals surface area contributed by atoms with Gasteiger partial charge in [-0.1, -0.05) is 66.7 Å². The fraction of sp³-hybridized carbons (Fsp3) is 0.130. The molecular formula is C23H21NO4. The van der Waals surface area contributed by atoms with Gasteiger partial charge in [0.1, 0.15) is 13.2 Å². The van der Waals surface area contributed by atoms with Gasteiger partial charge in [-0.25, -0.2) is 0 Å². The highest BCUT2D eigenvalue weighted by atomic mass is 16.6. The summed E-state index contributed by atoms with van der Waals surface area (Å²) in [7, 11) is 0. The molecule has 0 bridgehead atoms. The fourth-order valence-electron chi connectivity index (χ4n) is 2.61. The second-order valence-electron chi connectivity index (χ2n) is 6.30. The summed E-state index contributed by atoms with van der Waals surface area (Å²) < 4.78 is 11.9. The Bertz CT molecular complexity index is 953. The van der Waals surface area contributed by atoms with Gasteiger partial charge < -0.3 is 9.47 Å². The molecule has 0 atom stereocenters. The maximum atomic E-state index is 10.9. The van der Waals surface area contributed by atoms with Crippen LogP contribution >= 0.6 is 0 Å². The Morgan fingerprint density at radius 1 is 0.857 bits per heavy atom. The van der Waals surface area contributed by atoms with Crippen molar-refractivity contribution >= 4 is 6.08 Å². The molecule has 3 aromatic rings. The van der Waals surface area contributed by atoms with E-state index < -0.39 is 4.92 Å². The molecule has 0 spiro atoms. The minimum Gasteiger partial charge on any atom is -0.485 e. The average Bonchev–Trinajstić information content (AvgIpc) is 2.73. The van der Waals surface area contributed by atoms with Crippen LogP contribution in [-0.2, 0) is 13.2 Å². The Hall–Kier alpha value is -3.60. The Kier molecular flexibility index (Phi) is 6.41. The molecule has 0 aliphatic carbocycles. The molecule has 5 heteroatoms. The monoisotopic (exact) mass is 375 g/mol. The van der Waals surface area contributed by atoms with Crippen molar-refractivity contribution in [1.82, 2.24) is 0 Å². The standard InChI is InChI=1S/C23H21NO4/c1-18(24(25)26)14-21-12-13-22(27-16-19-8-4-2-5-9-19)23(15-21)28-17-20-10-6-3-7-11-20/h2-15H,16-17H2,1H3. The largest absolute Gasteiger partial charge is 0.485 e. The number of nitrogens with zero attached hydrogens (tertiary/aromatic N) is 1. The summed E-state index contributed by atoms with van der Waals surface area (Å²) in [6, 6.07) is 25.0. The van der Waals surface area contributed by atoms with Gasteiger partial charge >= 0.3 is 0 Å². The fourth-order valence-corrected chi connectivity index (χ4v) is 2.61. The number of allylic oxidation sites excluding steroid dienone is 1. The average molecular weight is 375 g/mol. The van der Waals surface area contributed by atoms with Crippen LogP contribution in [0.15, 0.2) is 84.6 Å². The van der Waals surface area contributed by atoms with Crippen LogP contribution in [0.25, 0.3) is 6.08 Å². The topological polar surface area (TPSA) is 61.6 Å². The summed E-state index contributed by atoms with van der Waals surface area (Å²) in [5.41, 5.74) is 2.82. The minimum atomic E-state index is -0.412. The van der Waals surface area contributed by atoms with E-state index >= 15 is 0 Å². The van der Waals surface area contributed by atoms with Gasteiger partial charge in [0.05, 0.1) is 4.92 Å². The lowest BCUT2D eigenvalue weighted by molar-refractivity contribution is -0.422. The summed E-state index contributed by atoms with van der Waals surface area (Å²) in [5.74, 6) is 1.14. The second-order valence-corrected chi connectivity index (χ2v) is 6.30. The van der Waals surface area contributed by atoms with E-state index in [0.29, 0.717) is 30.3 Å². The van der Waals surface area contributed by atoms with Crippen LogP contribution in [0.5, 0.6) is 11.5 Å². The van der Waals surface area contributed by atoms with Gasteiger partial charge in [-0.15, -0.1) is 0 Å². The zero-order valence-corrected chi connectivity index (χ0v) is 15.6. The Labute approximate surface area is 164 Å². The maximum absolute atomic E-state index is 10.9. The molecule has 0 aliphatic heterocycles. The van der Waals surface area contributed by atoms with Crippen molar-refractivity contribution < 1.29 is 14.4 Å². The van der Waals surface area contributed by atoms with Gasteiger partial charge in [0.15, 0.2) is 11.5 Å². The molecule has 0 heterocycles. The number of ether oxygens (including phenoxy) is 2. The molecule has 0 saturated carbocycles. The lowest BCUT2D eigenvalue weighted by Gasteiger charge is -2.14. The van der Waals surface area contributed by atoms with Crippen molar-refractivity contribution in [3.05, 3.63) is 111 Å². The zero-order valence-electron chi connectivity index (χ0n) is 15.6. The molecule has 3 rings (SSSR count). The molecular weight excluding hydrogens is 354 g/mol. The molecule has 5 nitrogen and oxygen atoms in total. The van der Waals surface area contributed by atoms with Crippen molar-refractivity contribution in [1.29, 1.82) is 0 Å². The molecule has 0 saturated heterocycles. The molecule has 0 fully saturated rings. The van der Waals surface area contributed by atoms with Gasteiger partial charge in [0, 0.05) is 13.0 Å². The van der Waals surface area contributed by atoms with Crippen LogP contribution in [0.1, 0.15) is 23.6 Å². The molecule has 28 heavy (non-hydrogen) atoms. The highest BCUT2D eigenvalue weighted by molar-refractivity contribution is 5.56. The summed E-state index contributed by atoms with van der Waals surface area (Å²) in [6.45, 7) is 2.25. The first kappa shape index (κ1) is 19.2. The summed E-state index contributed by atoms with van der Waals surface area (Å²) in [6.07, 6.45) is 1.51. The van der Waals surface area contributed by atoms with Crippen molar-refractivity contribution in [3.63, 3.8) is 0 Å². The van der Waals surface area contributed by atoms with E-state index in [1.165, 1.54) is 13.0 Å². The van der Waals surface area contributed by atoms with Crippen molar-refractivity contribution in [2.24, 2.45) is 0 Å². The Morgan fingerprint density at radius 2 is 1.39 bits per heavy atom. The molecule has 3 aromatic carbocycles. The normalized spacial score (nSPS) is 11.1. The lowest BCUT2D eigenvalue weighted by Crippen LogP contribution is -2.01. The van der Waals surface area contributed by atoms with E-state index in [1.807, 2.05) is 60.7 Å². The van der Waals surface area contributed by atoms with Gasteiger partial charge in [-0.3, -0.25) is 10.1 Å². The molecule has 0 amide bonds. The smallest absolute Gasteiger partial charge is 0.243 e. The van der Waals surface area contributed by atoms with E-state index in [1.54, 1.807) is 18.2 Å². The number of hydrogen-bond acceptors (Lipinski definition) is 4. The predicted molar refractivity (Wildman–Crippen MR) is 109 cm³/mol. The first-order valence-electron chi connectivity index (χ1n) is 8.92. The van der Waals surface area contributed by atoms with Crippen molar-refractivity contribution in [2.45, 2.75) is 20.1 Å². The van der Waals surface area contributed by atoms with E-state index in [-0.39, 0.29) is 5.70 Å². The van der Waals surface area contributed by atoms with Crippen molar-refractivity contribution in [3.8, 4) is 11.5 Å². The third-order valence-corrected chi connectivity index (χ3v) is 4.11. The second kappa shape index (κ2) is 9.37. The summed E-state index contributed by atoms with van der Waals surface area (Å²) in [5, 5.41) is 10.9. The van der Waals surface area contributed by atoms with Crippen molar-refractivity contribution in [2.75, 3.05) is 0 Å². The van der Waals surface area contributed by atoms with Crippen LogP contribution in [0, 0.1) is 10.1 Å².